The topological polar surface area (TPSA) is 84.9 Å². The fraction of sp³-hybridized carbons (Fsp3) is 0.333. The minimum Gasteiger partial charge on any atom is -0.490 e. The second kappa shape index (κ2) is 10.2. The summed E-state index contributed by atoms with van der Waals surface area (Å²) in [6.07, 6.45) is -0.215. The number of carbonyl (C=O) groups excluding carboxylic acids is 1. The van der Waals surface area contributed by atoms with E-state index in [0.29, 0.717) is 31.3 Å². The van der Waals surface area contributed by atoms with Gasteiger partial charge in [-0.25, -0.2) is 0 Å². The maximum Gasteiger partial charge on any atom is 0.303 e. The molecule has 6 nitrogen and oxygen atoms in total. The van der Waals surface area contributed by atoms with E-state index in [9.17, 15) is 9.59 Å². The van der Waals surface area contributed by atoms with Gasteiger partial charge in [0.15, 0.2) is 11.5 Å². The number of rotatable bonds is 10. The molecule has 0 heterocycles. The summed E-state index contributed by atoms with van der Waals surface area (Å²) in [6.45, 7) is 5.17. The third kappa shape index (κ3) is 7.01. The minimum absolute atomic E-state index is 0.0363. The summed E-state index contributed by atoms with van der Waals surface area (Å²) in [7, 11) is 0. The molecule has 0 spiro atoms. The summed E-state index contributed by atoms with van der Waals surface area (Å²) in [5, 5.41) is 11.3. The van der Waals surface area contributed by atoms with E-state index in [1.54, 1.807) is 0 Å². The van der Waals surface area contributed by atoms with Gasteiger partial charge in [0.25, 0.3) is 0 Å². The van der Waals surface area contributed by atoms with E-state index in [4.69, 9.17) is 14.6 Å². The molecule has 1 amide bonds. The van der Waals surface area contributed by atoms with Crippen LogP contribution in [0, 0.1) is 6.92 Å². The molecule has 2 aromatic rings. The fourth-order valence-corrected chi connectivity index (χ4v) is 2.40. The lowest BCUT2D eigenvalue weighted by atomic mass is 10.1. The number of benzene rings is 2. The summed E-state index contributed by atoms with van der Waals surface area (Å²) in [6, 6.07) is 13.6. The monoisotopic (exact) mass is 371 g/mol. The zero-order valence-electron chi connectivity index (χ0n) is 15.7. The molecule has 2 N–H and O–H groups in total. The van der Waals surface area contributed by atoms with Crippen molar-refractivity contribution in [3.05, 3.63) is 59.2 Å². The van der Waals surface area contributed by atoms with Crippen molar-refractivity contribution >= 4 is 11.9 Å². The Bertz CT molecular complexity index is 771. The quantitative estimate of drug-likeness (QED) is 0.668. The molecule has 2 aromatic carbocycles. The van der Waals surface area contributed by atoms with Crippen molar-refractivity contribution in [3.63, 3.8) is 0 Å². The number of hydrogen-bond donors (Lipinski definition) is 2. The van der Waals surface area contributed by atoms with E-state index in [1.165, 1.54) is 5.56 Å². The summed E-state index contributed by atoms with van der Waals surface area (Å²) in [5.41, 5.74) is 3.12. The molecule has 0 aromatic heterocycles. The van der Waals surface area contributed by atoms with E-state index in [1.807, 2.05) is 56.3 Å². The maximum atomic E-state index is 11.7. The zero-order chi connectivity index (χ0) is 19.6. The second-order valence-electron chi connectivity index (χ2n) is 6.16. The second-order valence-corrected chi connectivity index (χ2v) is 6.16. The normalized spacial score (nSPS) is 10.3. The lowest BCUT2D eigenvalue weighted by molar-refractivity contribution is -0.138. The number of carboxylic acid groups (broad SMARTS) is 1. The number of carboxylic acids is 1. The molecular weight excluding hydrogens is 346 g/mol. The van der Waals surface area contributed by atoms with Crippen molar-refractivity contribution in [2.24, 2.45) is 0 Å². The van der Waals surface area contributed by atoms with Crippen LogP contribution in [0.1, 0.15) is 36.5 Å². The van der Waals surface area contributed by atoms with Crippen molar-refractivity contribution in [1.82, 2.24) is 5.32 Å². The third-order valence-electron chi connectivity index (χ3n) is 3.88. The van der Waals surface area contributed by atoms with Gasteiger partial charge in [0, 0.05) is 13.0 Å². The Morgan fingerprint density at radius 1 is 0.963 bits per heavy atom. The van der Waals surface area contributed by atoms with Gasteiger partial charge in [-0.15, -0.1) is 0 Å². The number of ether oxygens (including phenoxy) is 2. The van der Waals surface area contributed by atoms with Gasteiger partial charge in [-0.05, 0) is 37.1 Å². The highest BCUT2D eigenvalue weighted by atomic mass is 16.5. The van der Waals surface area contributed by atoms with Crippen molar-refractivity contribution in [1.29, 1.82) is 0 Å². The summed E-state index contributed by atoms with van der Waals surface area (Å²) in [4.78, 5) is 22.2. The molecule has 0 atom stereocenters. The predicted molar refractivity (Wildman–Crippen MR) is 102 cm³/mol. The third-order valence-corrected chi connectivity index (χ3v) is 3.88. The first-order valence-electron chi connectivity index (χ1n) is 8.90. The van der Waals surface area contributed by atoms with E-state index in [-0.39, 0.29) is 18.7 Å². The highest BCUT2D eigenvalue weighted by Crippen LogP contribution is 2.29. The van der Waals surface area contributed by atoms with Gasteiger partial charge in [-0.1, -0.05) is 35.9 Å². The van der Waals surface area contributed by atoms with Crippen LogP contribution in [-0.2, 0) is 22.7 Å². The van der Waals surface area contributed by atoms with Crippen LogP contribution in [-0.4, -0.2) is 23.6 Å². The molecule has 2 rings (SSSR count). The Kier molecular flexibility index (Phi) is 7.67. The SMILES string of the molecule is CCOc1cc(CNC(=O)CCC(=O)O)ccc1OCc1ccc(C)cc1. The molecule has 0 aliphatic rings. The number of aliphatic carboxylic acids is 1. The van der Waals surface area contributed by atoms with Crippen LogP contribution in [0.2, 0.25) is 0 Å². The van der Waals surface area contributed by atoms with Crippen molar-refractivity contribution in [2.45, 2.75) is 39.8 Å². The maximum absolute atomic E-state index is 11.7. The average Bonchev–Trinajstić information content (AvgIpc) is 2.65. The fourth-order valence-electron chi connectivity index (χ4n) is 2.40. The highest BCUT2D eigenvalue weighted by molar-refractivity contribution is 5.80. The zero-order valence-corrected chi connectivity index (χ0v) is 15.7. The molecule has 0 unspecified atom stereocenters. The van der Waals surface area contributed by atoms with Crippen LogP contribution >= 0.6 is 0 Å². The van der Waals surface area contributed by atoms with Crippen LogP contribution in [0.3, 0.4) is 0 Å². The Hall–Kier alpha value is -3.02. The van der Waals surface area contributed by atoms with Crippen molar-refractivity contribution in [3.8, 4) is 11.5 Å². The number of aryl methyl sites for hydroxylation is 1. The molecule has 0 bridgehead atoms. The Labute approximate surface area is 159 Å². The largest absolute Gasteiger partial charge is 0.490 e. The Balaban J connectivity index is 1.97. The predicted octanol–water partition coefficient (Wildman–Crippen LogP) is 3.45. The van der Waals surface area contributed by atoms with E-state index in [0.717, 1.165) is 11.1 Å². The summed E-state index contributed by atoms with van der Waals surface area (Å²) >= 11 is 0. The first-order chi connectivity index (χ1) is 13.0. The first-order valence-corrected chi connectivity index (χ1v) is 8.90. The van der Waals surface area contributed by atoms with Gasteiger partial charge in [0.2, 0.25) is 5.91 Å². The summed E-state index contributed by atoms with van der Waals surface area (Å²) in [5.74, 6) is -0.0332. The molecule has 0 fully saturated rings. The van der Waals surface area contributed by atoms with Crippen molar-refractivity contribution in [2.75, 3.05) is 6.61 Å². The van der Waals surface area contributed by atoms with Crippen LogP contribution in [0.15, 0.2) is 42.5 Å². The lowest BCUT2D eigenvalue weighted by Crippen LogP contribution is -2.23. The highest BCUT2D eigenvalue weighted by Gasteiger charge is 2.09. The number of hydrogen-bond acceptors (Lipinski definition) is 4. The van der Waals surface area contributed by atoms with E-state index < -0.39 is 5.97 Å². The smallest absolute Gasteiger partial charge is 0.303 e. The van der Waals surface area contributed by atoms with Gasteiger partial charge >= 0.3 is 5.97 Å². The Morgan fingerprint density at radius 2 is 1.67 bits per heavy atom. The van der Waals surface area contributed by atoms with Gasteiger partial charge in [-0.3, -0.25) is 9.59 Å². The Morgan fingerprint density at radius 3 is 2.33 bits per heavy atom. The molecule has 0 saturated carbocycles. The van der Waals surface area contributed by atoms with Gasteiger partial charge in [0.1, 0.15) is 6.61 Å². The van der Waals surface area contributed by atoms with E-state index >= 15 is 0 Å². The van der Waals surface area contributed by atoms with Crippen LogP contribution in [0.4, 0.5) is 0 Å². The summed E-state index contributed by atoms with van der Waals surface area (Å²) < 4.78 is 11.5. The van der Waals surface area contributed by atoms with Gasteiger partial charge in [0.05, 0.1) is 13.0 Å². The molecule has 144 valence electrons. The van der Waals surface area contributed by atoms with E-state index in [2.05, 4.69) is 5.32 Å². The number of carbonyl (C=O) groups is 2. The molecule has 0 aliphatic carbocycles. The van der Waals surface area contributed by atoms with Crippen LogP contribution in [0.25, 0.3) is 0 Å². The van der Waals surface area contributed by atoms with Gasteiger partial charge in [-0.2, -0.15) is 0 Å². The molecule has 0 saturated heterocycles. The van der Waals surface area contributed by atoms with Crippen LogP contribution < -0.4 is 14.8 Å². The van der Waals surface area contributed by atoms with Gasteiger partial charge < -0.3 is 19.9 Å². The average molecular weight is 371 g/mol. The molecule has 0 radical (unpaired) electrons. The lowest BCUT2D eigenvalue weighted by Gasteiger charge is -2.14. The number of amides is 1. The standard InChI is InChI=1S/C21H25NO5/c1-3-26-19-12-17(13-22-20(23)10-11-21(24)25)8-9-18(19)27-14-16-6-4-15(2)5-7-16/h4-9,12H,3,10-11,13-14H2,1-2H3,(H,22,23)(H,24,25). The van der Waals surface area contributed by atoms with Crippen molar-refractivity contribution < 1.29 is 24.2 Å². The van der Waals surface area contributed by atoms with Crippen LogP contribution in [0.5, 0.6) is 11.5 Å². The first kappa shape index (κ1) is 20.3. The molecule has 27 heavy (non-hydrogen) atoms. The minimum atomic E-state index is -0.987. The molecular formula is C21H25NO5. The molecule has 0 aliphatic heterocycles. The molecule has 6 heteroatoms. The number of nitrogens with one attached hydrogen (secondary N) is 1.